The summed E-state index contributed by atoms with van der Waals surface area (Å²) in [6.45, 7) is 0. The predicted molar refractivity (Wildman–Crippen MR) is 144 cm³/mol. The Morgan fingerprint density at radius 3 is 2.40 bits per heavy atom. The molecule has 0 aromatic heterocycles. The Labute approximate surface area is 210 Å². The van der Waals surface area contributed by atoms with E-state index in [1.54, 1.807) is 0 Å². The van der Waals surface area contributed by atoms with Crippen LogP contribution >= 0.6 is 0 Å². The van der Waals surface area contributed by atoms with E-state index in [0.717, 1.165) is 28.7 Å². The number of aryl methyl sites for hydroxylation is 1. The van der Waals surface area contributed by atoms with Crippen molar-refractivity contribution >= 4 is 16.6 Å². The number of hydrogen-bond donors (Lipinski definition) is 0. The minimum Gasteiger partial charge on any atom is -0.294 e. The largest absolute Gasteiger partial charge is 0.294 e. The third kappa shape index (κ3) is 4.48. The number of fused-ring (bicyclic) bond motifs is 3. The van der Waals surface area contributed by atoms with Gasteiger partial charge in [-0.25, -0.2) is 0 Å². The van der Waals surface area contributed by atoms with E-state index in [4.69, 9.17) is 0 Å². The molecule has 0 saturated heterocycles. The zero-order chi connectivity index (χ0) is 23.4. The van der Waals surface area contributed by atoms with Gasteiger partial charge in [-0.3, -0.25) is 4.79 Å². The van der Waals surface area contributed by atoms with E-state index in [1.807, 2.05) is 0 Å². The van der Waals surface area contributed by atoms with Gasteiger partial charge in [0.2, 0.25) is 0 Å². The maximum atomic E-state index is 14.1. The van der Waals surface area contributed by atoms with E-state index in [9.17, 15) is 4.79 Å². The van der Waals surface area contributed by atoms with Gasteiger partial charge in [0.05, 0.1) is 0 Å². The van der Waals surface area contributed by atoms with E-state index in [2.05, 4.69) is 60.7 Å². The summed E-state index contributed by atoms with van der Waals surface area (Å²) in [6, 6.07) is 22.6. The Morgan fingerprint density at radius 2 is 1.69 bits per heavy atom. The van der Waals surface area contributed by atoms with Crippen LogP contribution < -0.4 is 0 Å². The van der Waals surface area contributed by atoms with Gasteiger partial charge in [-0.2, -0.15) is 0 Å². The summed E-state index contributed by atoms with van der Waals surface area (Å²) in [4.78, 5) is 14.1. The monoisotopic (exact) mass is 462 g/mol. The van der Waals surface area contributed by atoms with Crippen LogP contribution in [0.25, 0.3) is 10.8 Å². The molecule has 4 aliphatic carbocycles. The molecule has 1 heteroatoms. The second kappa shape index (κ2) is 8.91. The molecule has 0 spiro atoms. The van der Waals surface area contributed by atoms with Crippen LogP contribution in [0.3, 0.4) is 0 Å². The van der Waals surface area contributed by atoms with Crippen LogP contribution in [0.1, 0.15) is 103 Å². The van der Waals surface area contributed by atoms with Gasteiger partial charge in [-0.1, -0.05) is 73.9 Å². The summed E-state index contributed by atoms with van der Waals surface area (Å²) < 4.78 is 0. The third-order valence-electron chi connectivity index (χ3n) is 9.89. The number of carbonyl (C=O) groups excluding carboxylic acids is 1. The van der Waals surface area contributed by atoms with Crippen molar-refractivity contribution in [3.8, 4) is 0 Å². The van der Waals surface area contributed by atoms with E-state index >= 15 is 0 Å². The SMILES string of the molecule is O=C(C[C@@H](c1ccc(CCC2CC2)cc1)C1C[C@@H]2CC[C@H]1C2)c1cc(C2CC2)cc2ccccc12. The van der Waals surface area contributed by atoms with E-state index in [-0.39, 0.29) is 0 Å². The topological polar surface area (TPSA) is 17.1 Å². The molecule has 3 aromatic carbocycles. The summed E-state index contributed by atoms with van der Waals surface area (Å²) >= 11 is 0. The van der Waals surface area contributed by atoms with Crippen LogP contribution in [-0.2, 0) is 6.42 Å². The fraction of sp³-hybridized carbons (Fsp3) is 0.500. The summed E-state index contributed by atoms with van der Waals surface area (Å²) in [7, 11) is 0. The number of rotatable bonds is 9. The zero-order valence-corrected chi connectivity index (χ0v) is 20.9. The number of ketones is 1. The summed E-state index contributed by atoms with van der Waals surface area (Å²) in [6.07, 6.45) is 14.1. The average molecular weight is 463 g/mol. The van der Waals surface area contributed by atoms with Gasteiger partial charge in [0.25, 0.3) is 0 Å². The predicted octanol–water partition coefficient (Wildman–Crippen LogP) is 8.85. The lowest BCUT2D eigenvalue weighted by atomic mass is 9.73. The minimum absolute atomic E-state index is 0.356. The van der Waals surface area contributed by atoms with Crippen LogP contribution in [0.2, 0.25) is 0 Å². The van der Waals surface area contributed by atoms with Crippen molar-refractivity contribution in [2.24, 2.45) is 23.7 Å². The summed E-state index contributed by atoms with van der Waals surface area (Å²) in [5.41, 5.74) is 5.23. The quantitative estimate of drug-likeness (QED) is 0.290. The smallest absolute Gasteiger partial charge is 0.164 e. The molecule has 2 bridgehead atoms. The lowest BCUT2D eigenvalue weighted by Crippen LogP contribution is -2.22. The van der Waals surface area contributed by atoms with Gasteiger partial charge in [0.15, 0.2) is 5.78 Å². The fourth-order valence-corrected chi connectivity index (χ4v) is 7.54. The number of carbonyl (C=O) groups is 1. The first-order valence-corrected chi connectivity index (χ1v) is 14.4. The van der Waals surface area contributed by atoms with Gasteiger partial charge in [-0.05, 0) is 114 Å². The van der Waals surface area contributed by atoms with E-state index < -0.39 is 0 Å². The molecule has 0 radical (unpaired) electrons. The lowest BCUT2D eigenvalue weighted by Gasteiger charge is -2.31. The first-order chi connectivity index (χ1) is 17.2. The fourth-order valence-electron chi connectivity index (χ4n) is 7.54. The van der Waals surface area contributed by atoms with Crippen molar-refractivity contribution in [1.29, 1.82) is 0 Å². The molecule has 3 aromatic rings. The molecule has 0 N–H and O–H groups in total. The summed E-state index contributed by atoms with van der Waals surface area (Å²) in [5.74, 6) is 4.76. The first-order valence-electron chi connectivity index (χ1n) is 14.4. The molecule has 1 nitrogen and oxygen atoms in total. The number of benzene rings is 3. The first kappa shape index (κ1) is 21.8. The second-order valence-corrected chi connectivity index (χ2v) is 12.4. The highest BCUT2D eigenvalue weighted by molar-refractivity contribution is 6.08. The van der Waals surface area contributed by atoms with Crippen molar-refractivity contribution in [3.05, 3.63) is 82.9 Å². The standard InChI is InChI=1S/C34H38O/c35-34(33-20-29(25-15-16-25)19-27-3-1-2-4-30(27)33)21-32(31-18-24-11-14-28(31)17-24)26-12-9-23(10-13-26)8-7-22-5-6-22/h1-4,9-10,12-13,19-20,22,24-25,28,31-32H,5-8,11,14-18,21H2/t24-,28+,31?,32+/m1/s1. The normalized spacial score (nSPS) is 26.3. The maximum Gasteiger partial charge on any atom is 0.164 e. The number of Topliss-reactive ketones (excluding diaryl/α,β-unsaturated/α-hetero) is 1. The van der Waals surface area contributed by atoms with Gasteiger partial charge < -0.3 is 0 Å². The summed E-state index contributed by atoms with van der Waals surface area (Å²) in [5, 5.41) is 2.38. The van der Waals surface area contributed by atoms with E-state index in [1.165, 1.54) is 86.3 Å². The molecular weight excluding hydrogens is 424 g/mol. The van der Waals surface area contributed by atoms with Crippen molar-refractivity contribution in [3.63, 3.8) is 0 Å². The molecule has 180 valence electrons. The molecule has 4 aliphatic rings. The Hall–Kier alpha value is -2.41. The molecule has 1 unspecified atom stereocenters. The van der Waals surface area contributed by atoms with Crippen molar-refractivity contribution in [2.75, 3.05) is 0 Å². The Kier molecular flexibility index (Phi) is 5.56. The lowest BCUT2D eigenvalue weighted by molar-refractivity contribution is 0.0956. The highest BCUT2D eigenvalue weighted by Gasteiger charge is 2.44. The number of hydrogen-bond acceptors (Lipinski definition) is 1. The molecule has 7 rings (SSSR count). The van der Waals surface area contributed by atoms with Crippen molar-refractivity contribution < 1.29 is 4.79 Å². The molecule has 4 saturated carbocycles. The Morgan fingerprint density at radius 1 is 0.857 bits per heavy atom. The molecule has 0 amide bonds. The van der Waals surface area contributed by atoms with Crippen LogP contribution in [-0.4, -0.2) is 5.78 Å². The van der Waals surface area contributed by atoms with Crippen LogP contribution in [0, 0.1) is 23.7 Å². The van der Waals surface area contributed by atoms with Crippen molar-refractivity contribution in [1.82, 2.24) is 0 Å². The molecule has 0 aliphatic heterocycles. The Balaban J connectivity index is 1.19. The second-order valence-electron chi connectivity index (χ2n) is 12.4. The zero-order valence-electron chi connectivity index (χ0n) is 20.9. The van der Waals surface area contributed by atoms with Gasteiger partial charge in [0, 0.05) is 12.0 Å². The van der Waals surface area contributed by atoms with Crippen molar-refractivity contribution in [2.45, 2.75) is 82.5 Å². The van der Waals surface area contributed by atoms with Crippen LogP contribution in [0.5, 0.6) is 0 Å². The molecule has 4 atom stereocenters. The van der Waals surface area contributed by atoms with Crippen LogP contribution in [0.15, 0.2) is 60.7 Å². The highest BCUT2D eigenvalue weighted by atomic mass is 16.1. The molecular formula is C34H38O. The highest BCUT2D eigenvalue weighted by Crippen LogP contribution is 2.54. The van der Waals surface area contributed by atoms with Gasteiger partial charge in [0.1, 0.15) is 0 Å². The molecule has 35 heavy (non-hydrogen) atoms. The van der Waals surface area contributed by atoms with Crippen LogP contribution in [0.4, 0.5) is 0 Å². The third-order valence-corrected chi connectivity index (χ3v) is 9.89. The van der Waals surface area contributed by atoms with Gasteiger partial charge >= 0.3 is 0 Å². The molecule has 0 heterocycles. The van der Waals surface area contributed by atoms with Gasteiger partial charge in [-0.15, -0.1) is 0 Å². The minimum atomic E-state index is 0.356. The molecule has 4 fully saturated rings. The maximum absolute atomic E-state index is 14.1. The Bertz CT molecular complexity index is 1230. The average Bonchev–Trinajstić information content (AvgIpc) is 3.83. The van der Waals surface area contributed by atoms with E-state index in [0.29, 0.717) is 30.0 Å².